The second kappa shape index (κ2) is 11.3. The Labute approximate surface area is 227 Å². The Morgan fingerprint density at radius 1 is 1.32 bits per heavy atom. The van der Waals surface area contributed by atoms with E-state index >= 15 is 0 Å². The smallest absolute Gasteiger partial charge is 0.277 e. The van der Waals surface area contributed by atoms with Crippen LogP contribution >= 0.6 is 11.3 Å². The number of aliphatic hydroxyl groups is 1. The molecule has 2 aromatic rings. The molecule has 3 heterocycles. The zero-order valence-electron chi connectivity index (χ0n) is 22.4. The number of hydrogen-bond acceptors (Lipinski definition) is 9. The van der Waals surface area contributed by atoms with E-state index in [4.69, 9.17) is 9.72 Å². The topological polar surface area (TPSA) is 130 Å². The molecular weight excluding hydrogens is 504 g/mol. The van der Waals surface area contributed by atoms with Crippen molar-refractivity contribution in [3.63, 3.8) is 0 Å². The third-order valence-corrected chi connectivity index (χ3v) is 9.81. The first kappa shape index (κ1) is 27.1. The van der Waals surface area contributed by atoms with Crippen LogP contribution in [0.4, 0.5) is 5.13 Å². The molecule has 2 amide bonds. The van der Waals surface area contributed by atoms with E-state index in [-0.39, 0.29) is 46.6 Å². The Hall–Kier alpha value is -2.47. The maximum atomic E-state index is 13.0. The average molecular weight is 543 g/mol. The van der Waals surface area contributed by atoms with Gasteiger partial charge >= 0.3 is 0 Å². The van der Waals surface area contributed by atoms with Crippen LogP contribution in [0.25, 0.3) is 0 Å². The van der Waals surface area contributed by atoms with Gasteiger partial charge in [-0.1, -0.05) is 20.8 Å². The Morgan fingerprint density at radius 2 is 2.11 bits per heavy atom. The molecule has 6 atom stereocenters. The molecule has 2 aromatic heterocycles. The van der Waals surface area contributed by atoms with Crippen molar-refractivity contribution in [3.05, 3.63) is 34.9 Å². The Balaban J connectivity index is 1.24. The highest BCUT2D eigenvalue weighted by atomic mass is 32.1. The molecule has 0 bridgehead atoms. The predicted octanol–water partition coefficient (Wildman–Crippen LogP) is 2.32. The number of amides is 2. The molecule has 0 unspecified atom stereocenters. The van der Waals surface area contributed by atoms with E-state index in [1.54, 1.807) is 0 Å². The molecular formula is C27H38N6O4S. The maximum Gasteiger partial charge on any atom is 0.277 e. The number of ether oxygens (including phenoxy) is 1. The Morgan fingerprint density at radius 3 is 2.84 bits per heavy atom. The van der Waals surface area contributed by atoms with Gasteiger partial charge in [0.1, 0.15) is 5.69 Å². The highest BCUT2D eigenvalue weighted by molar-refractivity contribution is 7.15. The van der Waals surface area contributed by atoms with Crippen LogP contribution in [-0.2, 0) is 16.0 Å². The highest BCUT2D eigenvalue weighted by Crippen LogP contribution is 2.57. The Bertz CT molecular complexity index is 1140. The molecule has 0 spiro atoms. The van der Waals surface area contributed by atoms with Gasteiger partial charge in [0.2, 0.25) is 5.91 Å². The van der Waals surface area contributed by atoms with E-state index < -0.39 is 6.10 Å². The zero-order chi connectivity index (χ0) is 26.9. The van der Waals surface area contributed by atoms with E-state index in [2.05, 4.69) is 39.3 Å². The lowest BCUT2D eigenvalue weighted by atomic mass is 9.53. The van der Waals surface area contributed by atoms with Crippen LogP contribution in [0.2, 0.25) is 0 Å². The number of aliphatic hydroxyl groups excluding tert-OH is 1. The number of carbonyl (C=O) groups is 2. The second-order valence-electron chi connectivity index (χ2n) is 11.2. The fraction of sp³-hybridized carbons (Fsp3) is 0.667. The minimum absolute atomic E-state index is 0.0107. The average Bonchev–Trinajstić information content (AvgIpc) is 3.31. The van der Waals surface area contributed by atoms with E-state index in [9.17, 15) is 14.7 Å². The second-order valence-corrected chi connectivity index (χ2v) is 12.3. The van der Waals surface area contributed by atoms with Gasteiger partial charge in [-0.2, -0.15) is 0 Å². The first-order valence-electron chi connectivity index (χ1n) is 13.6. The molecule has 206 valence electrons. The van der Waals surface area contributed by atoms with Crippen molar-refractivity contribution in [2.24, 2.45) is 23.2 Å². The number of morpholine rings is 1. The van der Waals surface area contributed by atoms with Crippen molar-refractivity contribution >= 4 is 28.3 Å². The fourth-order valence-electron chi connectivity index (χ4n) is 6.69. The summed E-state index contributed by atoms with van der Waals surface area (Å²) in [6.07, 6.45) is 6.39. The molecule has 1 saturated carbocycles. The number of anilines is 1. The lowest BCUT2D eigenvalue weighted by Crippen LogP contribution is -2.53. The van der Waals surface area contributed by atoms with Gasteiger partial charge in [-0.15, -0.1) is 11.3 Å². The highest BCUT2D eigenvalue weighted by Gasteiger charge is 2.53. The van der Waals surface area contributed by atoms with Gasteiger partial charge in [-0.05, 0) is 36.5 Å². The van der Waals surface area contributed by atoms with Crippen LogP contribution in [0.1, 0.15) is 60.6 Å². The number of nitrogens with one attached hydrogen (secondary N) is 2. The molecule has 38 heavy (non-hydrogen) atoms. The largest absolute Gasteiger partial charge is 0.392 e. The number of rotatable bonds is 7. The van der Waals surface area contributed by atoms with Crippen LogP contribution in [0.5, 0.6) is 0 Å². The number of hydrogen-bond donors (Lipinski definition) is 3. The standard InChI is InChI=1S/C27H38N6O4S/c1-16(24(35)30-8-9-33-10-12-37-13-11-33)18-4-5-27(3)14-20-22(17(2)21(27)23(18)34)31-26(38-20)32-25(36)19-15-28-6-7-29-19/h6-7,15-18,21,23,34H,4-5,8-14H2,1-3H3,(H,30,35)(H,31,32,36)/t16-,17-,18-,21+,23-,27-/m0/s1. The van der Waals surface area contributed by atoms with Crippen LogP contribution in [0.3, 0.4) is 0 Å². The van der Waals surface area contributed by atoms with Gasteiger partial charge in [0.25, 0.3) is 5.91 Å². The van der Waals surface area contributed by atoms with Crippen molar-refractivity contribution in [1.29, 1.82) is 0 Å². The predicted molar refractivity (Wildman–Crippen MR) is 144 cm³/mol. The number of carbonyl (C=O) groups excluding carboxylic acids is 2. The molecule has 2 aliphatic carbocycles. The normalized spacial score (nSPS) is 30.1. The summed E-state index contributed by atoms with van der Waals surface area (Å²) in [5.74, 6) is -0.702. The molecule has 1 saturated heterocycles. The monoisotopic (exact) mass is 542 g/mol. The summed E-state index contributed by atoms with van der Waals surface area (Å²) in [5, 5.41) is 18.2. The van der Waals surface area contributed by atoms with Gasteiger partial charge in [-0.3, -0.25) is 24.8 Å². The van der Waals surface area contributed by atoms with E-state index in [0.29, 0.717) is 11.7 Å². The van der Waals surface area contributed by atoms with E-state index in [1.807, 2.05) is 6.92 Å². The van der Waals surface area contributed by atoms with Gasteiger partial charge in [-0.25, -0.2) is 9.97 Å². The third-order valence-electron chi connectivity index (χ3n) is 8.83. The molecule has 2 fully saturated rings. The first-order valence-corrected chi connectivity index (χ1v) is 14.4. The van der Waals surface area contributed by atoms with Crippen molar-refractivity contribution in [3.8, 4) is 0 Å². The van der Waals surface area contributed by atoms with Crippen LogP contribution < -0.4 is 10.6 Å². The Kier molecular flexibility index (Phi) is 8.08. The van der Waals surface area contributed by atoms with Crippen molar-refractivity contribution in [1.82, 2.24) is 25.2 Å². The molecule has 3 N–H and O–H groups in total. The number of aromatic nitrogens is 3. The molecule has 0 radical (unpaired) electrons. The molecule has 5 rings (SSSR count). The molecule has 11 heteroatoms. The molecule has 3 aliphatic rings. The zero-order valence-corrected chi connectivity index (χ0v) is 23.2. The lowest BCUT2D eigenvalue weighted by Gasteiger charge is -2.53. The SMILES string of the molecule is C[C@H](C(=O)NCCN1CCOCC1)[C@@H]1CC[C@@]2(C)Cc3sc(NC(=O)c4cnccn4)nc3[C@@H](C)[C@@H]2[C@H]1O. The fourth-order valence-corrected chi connectivity index (χ4v) is 7.95. The van der Waals surface area contributed by atoms with E-state index in [0.717, 1.165) is 62.7 Å². The first-order chi connectivity index (χ1) is 18.3. The van der Waals surface area contributed by atoms with Gasteiger partial charge in [0.15, 0.2) is 5.13 Å². The van der Waals surface area contributed by atoms with E-state index in [1.165, 1.54) is 29.9 Å². The summed E-state index contributed by atoms with van der Waals surface area (Å²) in [6, 6.07) is 0. The van der Waals surface area contributed by atoms with Crippen molar-refractivity contribution in [2.75, 3.05) is 44.7 Å². The summed E-state index contributed by atoms with van der Waals surface area (Å²) in [4.78, 5) is 41.9. The van der Waals surface area contributed by atoms with Crippen LogP contribution in [0.15, 0.2) is 18.6 Å². The van der Waals surface area contributed by atoms with Gasteiger partial charge in [0.05, 0.1) is 31.2 Å². The summed E-state index contributed by atoms with van der Waals surface area (Å²) >= 11 is 1.50. The lowest BCUT2D eigenvalue weighted by molar-refractivity contribution is -0.134. The molecule has 0 aromatic carbocycles. The summed E-state index contributed by atoms with van der Waals surface area (Å²) in [7, 11) is 0. The number of thiazole rings is 1. The van der Waals surface area contributed by atoms with Gasteiger partial charge < -0.3 is 15.2 Å². The van der Waals surface area contributed by atoms with Gasteiger partial charge in [0, 0.05) is 55.3 Å². The summed E-state index contributed by atoms with van der Waals surface area (Å²) in [6.45, 7) is 11.0. The number of nitrogens with zero attached hydrogens (tertiary/aromatic N) is 4. The van der Waals surface area contributed by atoms with Crippen molar-refractivity contribution < 1.29 is 19.4 Å². The third kappa shape index (κ3) is 5.47. The molecule has 1 aliphatic heterocycles. The van der Waals surface area contributed by atoms with Crippen LogP contribution in [0, 0.1) is 23.2 Å². The van der Waals surface area contributed by atoms with Crippen LogP contribution in [-0.4, -0.2) is 82.3 Å². The summed E-state index contributed by atoms with van der Waals surface area (Å²) in [5.41, 5.74) is 1.09. The quantitative estimate of drug-likeness (QED) is 0.486. The van der Waals surface area contributed by atoms with Crippen molar-refractivity contribution in [2.45, 2.75) is 52.1 Å². The summed E-state index contributed by atoms with van der Waals surface area (Å²) < 4.78 is 5.39. The minimum atomic E-state index is -0.601. The number of fused-ring (bicyclic) bond motifs is 2. The maximum absolute atomic E-state index is 13.0. The molecule has 10 nitrogen and oxygen atoms in total. The minimum Gasteiger partial charge on any atom is -0.392 e.